The molecule has 2 amide bonds. The monoisotopic (exact) mass is 313 g/mol. The van der Waals surface area contributed by atoms with E-state index in [1.165, 1.54) is 4.90 Å². The third-order valence-corrected chi connectivity index (χ3v) is 4.84. The Kier molecular flexibility index (Phi) is 4.36. The molecule has 1 aromatic rings. The Morgan fingerprint density at radius 1 is 1.57 bits per heavy atom. The largest absolute Gasteiger partial charge is 0.481 e. The zero-order chi connectivity index (χ0) is 15.6. The molecule has 1 aliphatic heterocycles. The molecule has 0 aliphatic carbocycles. The molecular weight excluding hydrogens is 294 g/mol. The molecule has 1 saturated heterocycles. The highest BCUT2D eigenvalue weighted by molar-refractivity contribution is 7.07. The van der Waals surface area contributed by atoms with Gasteiger partial charge in [-0.15, -0.1) is 0 Å². The van der Waals surface area contributed by atoms with E-state index in [-0.39, 0.29) is 29.9 Å². The molecule has 0 spiro atoms. The number of aliphatic carboxylic acids is 1. The minimum Gasteiger partial charge on any atom is -0.481 e. The molecule has 1 atom stereocenters. The van der Waals surface area contributed by atoms with Crippen molar-refractivity contribution in [2.24, 2.45) is 11.3 Å². The maximum absolute atomic E-state index is 12.1. The first-order chi connectivity index (χ1) is 9.85. The first kappa shape index (κ1) is 15.6. The topological polar surface area (TPSA) is 102 Å². The number of urea groups is 1. The number of carbonyl (C=O) groups excluding carboxylic acids is 1. The molecule has 116 valence electrons. The minimum absolute atomic E-state index is 0.0407. The van der Waals surface area contributed by atoms with Crippen LogP contribution in [0.5, 0.6) is 0 Å². The van der Waals surface area contributed by atoms with Crippen LogP contribution in [-0.2, 0) is 11.3 Å². The number of amides is 2. The zero-order valence-corrected chi connectivity index (χ0v) is 12.8. The molecule has 2 heterocycles. The Morgan fingerprint density at radius 3 is 2.76 bits per heavy atom. The SMILES string of the molecule is CC(C)C1(C(=O)O)CCN(C(=O)NCc2csc(=O)[nH]2)C1. The lowest BCUT2D eigenvalue weighted by atomic mass is 9.76. The number of H-pyrrole nitrogens is 1. The van der Waals surface area contributed by atoms with E-state index in [4.69, 9.17) is 0 Å². The zero-order valence-electron chi connectivity index (χ0n) is 12.0. The van der Waals surface area contributed by atoms with Crippen molar-refractivity contribution in [1.29, 1.82) is 0 Å². The molecule has 0 radical (unpaired) electrons. The number of carbonyl (C=O) groups is 2. The summed E-state index contributed by atoms with van der Waals surface area (Å²) < 4.78 is 0. The minimum atomic E-state index is -0.867. The quantitative estimate of drug-likeness (QED) is 0.774. The number of aromatic nitrogens is 1. The Bertz CT molecular complexity index is 594. The molecular formula is C13H19N3O4S. The molecule has 2 rings (SSSR count). The van der Waals surface area contributed by atoms with Crippen LogP contribution in [0.4, 0.5) is 4.79 Å². The van der Waals surface area contributed by atoms with Gasteiger partial charge in [-0.25, -0.2) is 4.79 Å². The van der Waals surface area contributed by atoms with Gasteiger partial charge in [-0.2, -0.15) is 0 Å². The van der Waals surface area contributed by atoms with Gasteiger partial charge in [-0.3, -0.25) is 9.59 Å². The fourth-order valence-electron chi connectivity index (χ4n) is 2.58. The van der Waals surface area contributed by atoms with Crippen LogP contribution in [0.2, 0.25) is 0 Å². The maximum atomic E-state index is 12.1. The first-order valence-electron chi connectivity index (χ1n) is 6.78. The van der Waals surface area contributed by atoms with Crippen LogP contribution >= 0.6 is 11.3 Å². The van der Waals surface area contributed by atoms with Crippen molar-refractivity contribution in [3.63, 3.8) is 0 Å². The van der Waals surface area contributed by atoms with E-state index in [0.717, 1.165) is 11.3 Å². The second-order valence-corrected chi connectivity index (χ2v) is 6.46. The van der Waals surface area contributed by atoms with Crippen molar-refractivity contribution < 1.29 is 14.7 Å². The van der Waals surface area contributed by atoms with Gasteiger partial charge in [-0.1, -0.05) is 25.2 Å². The molecule has 1 aromatic heterocycles. The second-order valence-electron chi connectivity index (χ2n) is 5.62. The fourth-order valence-corrected chi connectivity index (χ4v) is 3.16. The third kappa shape index (κ3) is 3.10. The number of rotatable bonds is 4. The number of hydrogen-bond donors (Lipinski definition) is 3. The van der Waals surface area contributed by atoms with Crippen LogP contribution in [0.25, 0.3) is 0 Å². The van der Waals surface area contributed by atoms with Gasteiger partial charge in [0.05, 0.1) is 12.0 Å². The number of nitrogens with one attached hydrogen (secondary N) is 2. The highest BCUT2D eigenvalue weighted by Crippen LogP contribution is 2.38. The van der Waals surface area contributed by atoms with Gasteiger partial charge >= 0.3 is 16.9 Å². The van der Waals surface area contributed by atoms with Crippen LogP contribution in [0.3, 0.4) is 0 Å². The van der Waals surface area contributed by atoms with E-state index in [9.17, 15) is 19.5 Å². The van der Waals surface area contributed by atoms with Gasteiger partial charge in [0, 0.05) is 24.2 Å². The van der Waals surface area contributed by atoms with E-state index >= 15 is 0 Å². The average molecular weight is 313 g/mol. The van der Waals surface area contributed by atoms with Crippen LogP contribution in [-0.4, -0.2) is 40.1 Å². The number of nitrogens with zero attached hydrogens (tertiary/aromatic N) is 1. The lowest BCUT2D eigenvalue weighted by Gasteiger charge is -2.28. The lowest BCUT2D eigenvalue weighted by Crippen LogP contribution is -2.43. The van der Waals surface area contributed by atoms with E-state index in [1.807, 2.05) is 13.8 Å². The standard InChI is InChI=1S/C13H19N3O4S/c1-8(2)13(10(17)18)3-4-16(7-13)11(19)14-5-9-6-21-12(20)15-9/h6,8H,3-5,7H2,1-2H3,(H,14,19)(H,15,20)(H,17,18). The van der Waals surface area contributed by atoms with Gasteiger partial charge in [0.2, 0.25) is 0 Å². The molecule has 1 unspecified atom stereocenters. The number of carboxylic acids is 1. The van der Waals surface area contributed by atoms with E-state index in [1.54, 1.807) is 5.38 Å². The van der Waals surface area contributed by atoms with E-state index < -0.39 is 11.4 Å². The van der Waals surface area contributed by atoms with Crippen LogP contribution in [0.15, 0.2) is 10.2 Å². The summed E-state index contributed by atoms with van der Waals surface area (Å²) in [7, 11) is 0. The molecule has 0 bridgehead atoms. The number of hydrogen-bond acceptors (Lipinski definition) is 4. The van der Waals surface area contributed by atoms with Crippen LogP contribution in [0.1, 0.15) is 26.0 Å². The van der Waals surface area contributed by atoms with Crippen molar-refractivity contribution in [2.45, 2.75) is 26.8 Å². The van der Waals surface area contributed by atoms with Crippen LogP contribution in [0, 0.1) is 11.3 Å². The van der Waals surface area contributed by atoms with E-state index in [0.29, 0.717) is 18.7 Å². The predicted octanol–water partition coefficient (Wildman–Crippen LogP) is 1.08. The average Bonchev–Trinajstić information content (AvgIpc) is 3.03. The van der Waals surface area contributed by atoms with Crippen molar-refractivity contribution in [2.75, 3.05) is 13.1 Å². The summed E-state index contributed by atoms with van der Waals surface area (Å²) in [6.07, 6.45) is 0.461. The Balaban J connectivity index is 1.95. The van der Waals surface area contributed by atoms with Crippen molar-refractivity contribution in [3.05, 3.63) is 20.7 Å². The Morgan fingerprint density at radius 2 is 2.29 bits per heavy atom. The molecule has 3 N–H and O–H groups in total. The number of thiazole rings is 1. The molecule has 1 aliphatic rings. The number of aromatic amines is 1. The first-order valence-corrected chi connectivity index (χ1v) is 7.66. The third-order valence-electron chi connectivity index (χ3n) is 4.12. The summed E-state index contributed by atoms with van der Waals surface area (Å²) in [6.45, 7) is 4.61. The summed E-state index contributed by atoms with van der Waals surface area (Å²) >= 11 is 1.04. The summed E-state index contributed by atoms with van der Waals surface area (Å²) in [4.78, 5) is 38.6. The van der Waals surface area contributed by atoms with Gasteiger partial charge < -0.3 is 20.3 Å². The summed E-state index contributed by atoms with van der Waals surface area (Å²) in [5.41, 5.74) is -0.223. The van der Waals surface area contributed by atoms with Crippen LogP contribution < -0.4 is 10.2 Å². The molecule has 0 saturated carbocycles. The summed E-state index contributed by atoms with van der Waals surface area (Å²) in [5.74, 6) is -0.893. The normalized spacial score (nSPS) is 21.8. The van der Waals surface area contributed by atoms with E-state index in [2.05, 4.69) is 10.3 Å². The lowest BCUT2D eigenvalue weighted by molar-refractivity contribution is -0.150. The molecule has 0 aromatic carbocycles. The number of carboxylic acid groups (broad SMARTS) is 1. The molecule has 7 nitrogen and oxygen atoms in total. The number of likely N-dealkylation sites (tertiary alicyclic amines) is 1. The van der Waals surface area contributed by atoms with Gasteiger partial charge in [0.1, 0.15) is 0 Å². The van der Waals surface area contributed by atoms with Gasteiger partial charge in [-0.05, 0) is 12.3 Å². The molecule has 1 fully saturated rings. The van der Waals surface area contributed by atoms with Crippen molar-refractivity contribution >= 4 is 23.3 Å². The smallest absolute Gasteiger partial charge is 0.317 e. The maximum Gasteiger partial charge on any atom is 0.317 e. The van der Waals surface area contributed by atoms with Gasteiger partial charge in [0.15, 0.2) is 0 Å². The van der Waals surface area contributed by atoms with Gasteiger partial charge in [0.25, 0.3) is 0 Å². The molecule has 21 heavy (non-hydrogen) atoms. The van der Waals surface area contributed by atoms with Crippen molar-refractivity contribution in [3.8, 4) is 0 Å². The van der Waals surface area contributed by atoms with Crippen molar-refractivity contribution in [1.82, 2.24) is 15.2 Å². The molecule has 8 heteroatoms. The Labute approximate surface area is 126 Å². The Hall–Kier alpha value is -1.83. The highest BCUT2D eigenvalue weighted by Gasteiger charge is 2.48. The highest BCUT2D eigenvalue weighted by atomic mass is 32.1. The second kappa shape index (κ2) is 5.88. The summed E-state index contributed by atoms with van der Waals surface area (Å²) in [6, 6.07) is -0.300. The predicted molar refractivity (Wildman–Crippen MR) is 78.3 cm³/mol. The fraction of sp³-hybridized carbons (Fsp3) is 0.615. The summed E-state index contributed by atoms with van der Waals surface area (Å²) in [5, 5.41) is 13.8.